The maximum Gasteiger partial charge on any atom is 0.126 e. The van der Waals surface area contributed by atoms with Crippen LogP contribution < -0.4 is 10.6 Å². The first-order valence-corrected chi connectivity index (χ1v) is 6.54. The molecule has 0 aromatic heterocycles. The summed E-state index contributed by atoms with van der Waals surface area (Å²) in [6.07, 6.45) is 4.61. The number of hydrogen-bond donors (Lipinski definition) is 2. The van der Waals surface area contributed by atoms with Crippen molar-refractivity contribution in [2.24, 2.45) is 0 Å². The lowest BCUT2D eigenvalue weighted by molar-refractivity contribution is 0.578. The van der Waals surface area contributed by atoms with Crippen LogP contribution in [0, 0.1) is 5.82 Å². The molecule has 0 saturated heterocycles. The second-order valence-electron chi connectivity index (χ2n) is 4.67. The van der Waals surface area contributed by atoms with E-state index in [2.05, 4.69) is 10.6 Å². The first-order valence-electron chi connectivity index (χ1n) is 6.54. The van der Waals surface area contributed by atoms with E-state index in [1.807, 2.05) is 12.1 Å². The monoisotopic (exact) mass is 236 g/mol. The lowest BCUT2D eigenvalue weighted by Gasteiger charge is -2.06. The smallest absolute Gasteiger partial charge is 0.126 e. The fourth-order valence-electron chi connectivity index (χ4n) is 1.86. The molecule has 2 nitrogen and oxygen atoms in total. The van der Waals surface area contributed by atoms with Gasteiger partial charge in [-0.1, -0.05) is 18.2 Å². The van der Waals surface area contributed by atoms with Crippen LogP contribution in [0.1, 0.15) is 24.8 Å². The van der Waals surface area contributed by atoms with Crippen molar-refractivity contribution >= 4 is 0 Å². The van der Waals surface area contributed by atoms with Gasteiger partial charge in [-0.15, -0.1) is 0 Å². The van der Waals surface area contributed by atoms with E-state index in [1.54, 1.807) is 6.07 Å². The summed E-state index contributed by atoms with van der Waals surface area (Å²) in [6, 6.07) is 7.79. The molecule has 1 aliphatic rings. The standard InChI is InChI=1S/C14H21FN2/c15-14-5-2-1-4-12(14)8-11-16-9-3-10-17-13-6-7-13/h1-2,4-5,13,16-17H,3,6-11H2. The van der Waals surface area contributed by atoms with E-state index in [4.69, 9.17) is 0 Å². The predicted molar refractivity (Wildman–Crippen MR) is 68.6 cm³/mol. The third-order valence-electron chi connectivity index (χ3n) is 3.07. The molecule has 2 N–H and O–H groups in total. The van der Waals surface area contributed by atoms with Gasteiger partial charge in [-0.3, -0.25) is 0 Å². The minimum Gasteiger partial charge on any atom is -0.316 e. The Morgan fingerprint density at radius 1 is 1.12 bits per heavy atom. The van der Waals surface area contributed by atoms with Gasteiger partial charge in [-0.2, -0.15) is 0 Å². The van der Waals surface area contributed by atoms with Gasteiger partial charge in [0.2, 0.25) is 0 Å². The molecule has 0 radical (unpaired) electrons. The van der Waals surface area contributed by atoms with E-state index in [0.29, 0.717) is 0 Å². The topological polar surface area (TPSA) is 24.1 Å². The molecule has 1 fully saturated rings. The second kappa shape index (κ2) is 6.72. The maximum absolute atomic E-state index is 13.3. The molecule has 3 heteroatoms. The van der Waals surface area contributed by atoms with Crippen LogP contribution in [0.4, 0.5) is 4.39 Å². The molecule has 1 aliphatic carbocycles. The van der Waals surface area contributed by atoms with Gasteiger partial charge in [-0.05, 0) is 56.9 Å². The Kier molecular flexibility index (Phi) is 4.95. The average Bonchev–Trinajstić information content (AvgIpc) is 3.14. The molecule has 1 saturated carbocycles. The molecule has 0 atom stereocenters. The molecule has 0 bridgehead atoms. The van der Waals surface area contributed by atoms with Crippen LogP contribution in [0.15, 0.2) is 24.3 Å². The van der Waals surface area contributed by atoms with E-state index in [-0.39, 0.29) is 5.82 Å². The highest BCUT2D eigenvalue weighted by atomic mass is 19.1. The Hall–Kier alpha value is -0.930. The Morgan fingerprint density at radius 3 is 2.71 bits per heavy atom. The van der Waals surface area contributed by atoms with E-state index in [9.17, 15) is 4.39 Å². The first kappa shape index (κ1) is 12.5. The zero-order valence-corrected chi connectivity index (χ0v) is 10.2. The van der Waals surface area contributed by atoms with Crippen LogP contribution in [0.2, 0.25) is 0 Å². The van der Waals surface area contributed by atoms with Gasteiger partial charge in [0.1, 0.15) is 5.82 Å². The molecule has 0 spiro atoms. The molecule has 0 unspecified atom stereocenters. The number of nitrogens with one attached hydrogen (secondary N) is 2. The maximum atomic E-state index is 13.3. The first-order chi connectivity index (χ1) is 8.36. The van der Waals surface area contributed by atoms with E-state index >= 15 is 0 Å². The van der Waals surface area contributed by atoms with Gasteiger partial charge in [0.15, 0.2) is 0 Å². The Balaban J connectivity index is 1.49. The summed E-state index contributed by atoms with van der Waals surface area (Å²) in [4.78, 5) is 0. The Labute approximate surface area is 103 Å². The minimum atomic E-state index is -0.0929. The summed E-state index contributed by atoms with van der Waals surface area (Å²) in [5.74, 6) is -0.0929. The van der Waals surface area contributed by atoms with Crippen molar-refractivity contribution in [1.82, 2.24) is 10.6 Å². The van der Waals surface area contributed by atoms with Gasteiger partial charge in [0.25, 0.3) is 0 Å². The van der Waals surface area contributed by atoms with E-state index in [1.165, 1.54) is 18.9 Å². The predicted octanol–water partition coefficient (Wildman–Crippen LogP) is 2.10. The summed E-state index contributed by atoms with van der Waals surface area (Å²) in [6.45, 7) is 2.95. The highest BCUT2D eigenvalue weighted by molar-refractivity contribution is 5.17. The van der Waals surface area contributed by atoms with Crippen LogP contribution in [-0.2, 0) is 6.42 Å². The van der Waals surface area contributed by atoms with Gasteiger partial charge in [0.05, 0.1) is 0 Å². The molecular formula is C14H21FN2. The van der Waals surface area contributed by atoms with Crippen molar-refractivity contribution in [3.63, 3.8) is 0 Å². The van der Waals surface area contributed by atoms with Crippen LogP contribution >= 0.6 is 0 Å². The zero-order chi connectivity index (χ0) is 11.9. The normalized spacial score (nSPS) is 15.1. The van der Waals surface area contributed by atoms with Crippen LogP contribution in [0.5, 0.6) is 0 Å². The zero-order valence-electron chi connectivity index (χ0n) is 10.2. The van der Waals surface area contributed by atoms with Crippen molar-refractivity contribution in [1.29, 1.82) is 0 Å². The molecule has 0 amide bonds. The molecular weight excluding hydrogens is 215 g/mol. The summed E-state index contributed by atoms with van der Waals surface area (Å²) >= 11 is 0. The van der Waals surface area contributed by atoms with Crippen molar-refractivity contribution in [3.8, 4) is 0 Å². The van der Waals surface area contributed by atoms with E-state index in [0.717, 1.165) is 44.1 Å². The van der Waals surface area contributed by atoms with Crippen molar-refractivity contribution in [2.75, 3.05) is 19.6 Å². The van der Waals surface area contributed by atoms with Gasteiger partial charge >= 0.3 is 0 Å². The van der Waals surface area contributed by atoms with Crippen molar-refractivity contribution in [2.45, 2.75) is 31.7 Å². The van der Waals surface area contributed by atoms with Crippen LogP contribution in [-0.4, -0.2) is 25.7 Å². The van der Waals surface area contributed by atoms with Gasteiger partial charge < -0.3 is 10.6 Å². The minimum absolute atomic E-state index is 0.0929. The van der Waals surface area contributed by atoms with Crippen LogP contribution in [0.25, 0.3) is 0 Å². The number of halogens is 1. The average molecular weight is 236 g/mol. The molecule has 94 valence electrons. The van der Waals surface area contributed by atoms with Gasteiger partial charge in [-0.25, -0.2) is 4.39 Å². The quantitative estimate of drug-likeness (QED) is 0.675. The fraction of sp³-hybridized carbons (Fsp3) is 0.571. The summed E-state index contributed by atoms with van der Waals surface area (Å²) in [7, 11) is 0. The van der Waals surface area contributed by atoms with Gasteiger partial charge in [0, 0.05) is 6.04 Å². The summed E-state index contributed by atoms with van der Waals surface area (Å²) in [5.41, 5.74) is 0.802. The molecule has 2 rings (SSSR count). The number of hydrogen-bond acceptors (Lipinski definition) is 2. The largest absolute Gasteiger partial charge is 0.316 e. The summed E-state index contributed by atoms with van der Waals surface area (Å²) < 4.78 is 13.3. The van der Waals surface area contributed by atoms with Crippen LogP contribution in [0.3, 0.4) is 0 Å². The third kappa shape index (κ3) is 4.84. The molecule has 17 heavy (non-hydrogen) atoms. The number of benzene rings is 1. The Morgan fingerprint density at radius 2 is 1.94 bits per heavy atom. The molecule has 0 heterocycles. The molecule has 1 aromatic carbocycles. The van der Waals surface area contributed by atoms with E-state index < -0.39 is 0 Å². The third-order valence-corrected chi connectivity index (χ3v) is 3.07. The lowest BCUT2D eigenvalue weighted by Crippen LogP contribution is -2.24. The highest BCUT2D eigenvalue weighted by Crippen LogP contribution is 2.18. The highest BCUT2D eigenvalue weighted by Gasteiger charge is 2.19. The lowest BCUT2D eigenvalue weighted by atomic mass is 10.1. The SMILES string of the molecule is Fc1ccccc1CCNCCCNC1CC1. The summed E-state index contributed by atoms with van der Waals surface area (Å²) in [5, 5.41) is 6.82. The van der Waals surface area contributed by atoms with Crippen molar-refractivity contribution < 1.29 is 4.39 Å². The second-order valence-corrected chi connectivity index (χ2v) is 4.67. The number of rotatable bonds is 8. The molecule has 0 aliphatic heterocycles. The fourth-order valence-corrected chi connectivity index (χ4v) is 1.86. The van der Waals surface area contributed by atoms with Crippen molar-refractivity contribution in [3.05, 3.63) is 35.6 Å². The molecule has 1 aromatic rings. The Bertz CT molecular complexity index is 337.